The Balaban J connectivity index is 1.90. The molecule has 0 radical (unpaired) electrons. The molecule has 10 heteroatoms. The zero-order chi connectivity index (χ0) is 19.4. The molecule has 140 valence electrons. The summed E-state index contributed by atoms with van der Waals surface area (Å²) in [5, 5.41) is 0. The normalized spacial score (nSPS) is 11.2. The fourth-order valence-electron chi connectivity index (χ4n) is 2.17. The molecule has 0 bridgehead atoms. The number of hydrogen-bond acceptors (Lipinski definition) is 5. The molecule has 0 atom stereocenters. The molecule has 0 aliphatic heterocycles. The topological polar surface area (TPSA) is 81.2 Å². The number of aromatic nitrogens is 2. The number of nitrogens with one attached hydrogen (secondary N) is 1. The Bertz CT molecular complexity index is 1050. The number of nitrogens with zero attached hydrogens (tertiary/aromatic N) is 2. The number of anilines is 1. The Morgan fingerprint density at radius 1 is 1.04 bits per heavy atom. The van der Waals surface area contributed by atoms with Crippen LogP contribution in [0.1, 0.15) is 5.56 Å². The van der Waals surface area contributed by atoms with E-state index in [4.69, 9.17) is 4.74 Å². The van der Waals surface area contributed by atoms with Crippen LogP contribution in [0.3, 0.4) is 0 Å². The first-order valence-electron chi connectivity index (χ1n) is 7.53. The molecule has 0 fully saturated rings. The van der Waals surface area contributed by atoms with Gasteiger partial charge in [-0.05, 0) is 33.6 Å². The quantitative estimate of drug-likeness (QED) is 0.609. The smallest absolute Gasteiger partial charge is 0.269 e. The number of rotatable bonds is 6. The van der Waals surface area contributed by atoms with Gasteiger partial charge in [-0.3, -0.25) is 4.72 Å². The van der Waals surface area contributed by atoms with Crippen LogP contribution in [0.4, 0.5) is 14.6 Å². The minimum atomic E-state index is -4.59. The van der Waals surface area contributed by atoms with Crippen LogP contribution >= 0.6 is 15.9 Å². The third-order valence-electron chi connectivity index (χ3n) is 3.35. The molecule has 0 saturated carbocycles. The van der Waals surface area contributed by atoms with Crippen molar-refractivity contribution in [2.45, 2.75) is 11.5 Å². The second-order valence-electron chi connectivity index (χ2n) is 5.28. The average molecular weight is 456 g/mol. The van der Waals surface area contributed by atoms with Crippen molar-refractivity contribution in [1.82, 2.24) is 9.97 Å². The highest BCUT2D eigenvalue weighted by molar-refractivity contribution is 9.10. The van der Waals surface area contributed by atoms with Crippen LogP contribution < -0.4 is 9.46 Å². The minimum absolute atomic E-state index is 0.0920. The molecule has 0 amide bonds. The average Bonchev–Trinajstić information content (AvgIpc) is 2.62. The van der Waals surface area contributed by atoms with Gasteiger partial charge in [-0.2, -0.15) is 0 Å². The van der Waals surface area contributed by atoms with Gasteiger partial charge in [-0.1, -0.05) is 36.4 Å². The number of benzene rings is 2. The Hall–Kier alpha value is -2.59. The van der Waals surface area contributed by atoms with E-state index in [1.807, 2.05) is 35.1 Å². The van der Waals surface area contributed by atoms with Crippen molar-refractivity contribution in [2.75, 3.05) is 4.72 Å². The van der Waals surface area contributed by atoms with Gasteiger partial charge in [0.15, 0.2) is 4.90 Å². The number of halogens is 3. The molecule has 0 aliphatic carbocycles. The second-order valence-corrected chi connectivity index (χ2v) is 7.71. The molecule has 27 heavy (non-hydrogen) atoms. The van der Waals surface area contributed by atoms with Crippen LogP contribution in [-0.4, -0.2) is 18.4 Å². The standard InChI is InChI=1S/C17H12BrF2N3O3S/c18-14-9-21-16(17(22-14)26-10-11-5-2-1-3-6-11)23-27(24,25)15-12(19)7-4-8-13(15)20/h1-9H,10H2,(H,21,23). The Labute approximate surface area is 162 Å². The van der Waals surface area contributed by atoms with Crippen LogP contribution in [0, 0.1) is 11.6 Å². The van der Waals surface area contributed by atoms with Gasteiger partial charge in [0.1, 0.15) is 22.8 Å². The summed E-state index contributed by atoms with van der Waals surface area (Å²) in [6.45, 7) is 0.0920. The first-order chi connectivity index (χ1) is 12.9. The molecule has 3 aromatic rings. The molecule has 3 rings (SSSR count). The second kappa shape index (κ2) is 7.97. The molecule has 1 aromatic heterocycles. The molecule has 2 aromatic carbocycles. The third-order valence-corrected chi connectivity index (χ3v) is 5.12. The van der Waals surface area contributed by atoms with Crippen LogP contribution in [-0.2, 0) is 16.6 Å². The highest BCUT2D eigenvalue weighted by atomic mass is 79.9. The van der Waals surface area contributed by atoms with Crippen molar-refractivity contribution in [3.05, 3.63) is 76.5 Å². The number of ether oxygens (including phenoxy) is 1. The predicted molar refractivity (Wildman–Crippen MR) is 97.7 cm³/mol. The number of hydrogen-bond donors (Lipinski definition) is 1. The van der Waals surface area contributed by atoms with E-state index in [0.717, 1.165) is 23.8 Å². The SMILES string of the molecule is O=S(=O)(Nc1ncc(Br)nc1OCc1ccccc1)c1c(F)cccc1F. The van der Waals surface area contributed by atoms with E-state index in [9.17, 15) is 17.2 Å². The maximum absolute atomic E-state index is 13.8. The van der Waals surface area contributed by atoms with Gasteiger partial charge in [0.25, 0.3) is 15.9 Å². The van der Waals surface area contributed by atoms with E-state index < -0.39 is 26.6 Å². The van der Waals surface area contributed by atoms with Gasteiger partial charge in [0.05, 0.1) is 6.20 Å². The fraction of sp³-hybridized carbons (Fsp3) is 0.0588. The van der Waals surface area contributed by atoms with Crippen LogP contribution in [0.2, 0.25) is 0 Å². The van der Waals surface area contributed by atoms with E-state index >= 15 is 0 Å². The molecule has 6 nitrogen and oxygen atoms in total. The summed E-state index contributed by atoms with van der Waals surface area (Å²) in [5.74, 6) is -2.89. The van der Waals surface area contributed by atoms with E-state index in [1.165, 1.54) is 6.20 Å². The lowest BCUT2D eigenvalue weighted by Gasteiger charge is -2.13. The van der Waals surface area contributed by atoms with Gasteiger partial charge in [-0.15, -0.1) is 0 Å². The Morgan fingerprint density at radius 2 is 1.70 bits per heavy atom. The highest BCUT2D eigenvalue weighted by Gasteiger charge is 2.26. The van der Waals surface area contributed by atoms with Crippen molar-refractivity contribution in [1.29, 1.82) is 0 Å². The first-order valence-corrected chi connectivity index (χ1v) is 9.80. The zero-order valence-electron chi connectivity index (χ0n) is 13.6. The van der Waals surface area contributed by atoms with E-state index in [1.54, 1.807) is 0 Å². The minimum Gasteiger partial charge on any atom is -0.470 e. The van der Waals surface area contributed by atoms with Crippen LogP contribution in [0.15, 0.2) is 64.2 Å². The summed E-state index contributed by atoms with van der Waals surface area (Å²) in [4.78, 5) is 6.81. The third kappa shape index (κ3) is 4.58. The highest BCUT2D eigenvalue weighted by Crippen LogP contribution is 2.27. The Morgan fingerprint density at radius 3 is 2.37 bits per heavy atom. The van der Waals surface area contributed by atoms with Gasteiger partial charge in [-0.25, -0.2) is 27.2 Å². The molecular formula is C17H12BrF2N3O3S. The lowest BCUT2D eigenvalue weighted by molar-refractivity contribution is 0.294. The summed E-state index contributed by atoms with van der Waals surface area (Å²) in [5.41, 5.74) is 0.813. The summed E-state index contributed by atoms with van der Waals surface area (Å²) in [6, 6.07) is 11.8. The Kier molecular flexibility index (Phi) is 5.66. The summed E-state index contributed by atoms with van der Waals surface area (Å²) in [7, 11) is -4.59. The van der Waals surface area contributed by atoms with Crippen molar-refractivity contribution in [2.24, 2.45) is 0 Å². The molecule has 1 heterocycles. The van der Waals surface area contributed by atoms with Gasteiger partial charge >= 0.3 is 0 Å². The molecule has 0 spiro atoms. The van der Waals surface area contributed by atoms with E-state index in [2.05, 4.69) is 25.9 Å². The molecule has 0 saturated heterocycles. The van der Waals surface area contributed by atoms with Crippen molar-refractivity contribution >= 4 is 31.8 Å². The van der Waals surface area contributed by atoms with E-state index in [0.29, 0.717) is 4.60 Å². The molecule has 0 aliphatic rings. The molecule has 1 N–H and O–H groups in total. The van der Waals surface area contributed by atoms with Gasteiger partial charge < -0.3 is 4.74 Å². The van der Waals surface area contributed by atoms with Crippen molar-refractivity contribution in [3.8, 4) is 5.88 Å². The zero-order valence-corrected chi connectivity index (χ0v) is 16.0. The lowest BCUT2D eigenvalue weighted by atomic mass is 10.2. The summed E-state index contributed by atoms with van der Waals surface area (Å²) >= 11 is 3.12. The van der Waals surface area contributed by atoms with Gasteiger partial charge in [0, 0.05) is 0 Å². The summed E-state index contributed by atoms with van der Waals surface area (Å²) in [6.07, 6.45) is 1.23. The summed E-state index contributed by atoms with van der Waals surface area (Å²) < 4.78 is 60.4. The maximum atomic E-state index is 13.8. The molecular weight excluding hydrogens is 444 g/mol. The van der Waals surface area contributed by atoms with Crippen molar-refractivity contribution < 1.29 is 21.9 Å². The van der Waals surface area contributed by atoms with Crippen LogP contribution in [0.5, 0.6) is 5.88 Å². The fourth-order valence-corrected chi connectivity index (χ4v) is 3.58. The molecule has 0 unspecified atom stereocenters. The van der Waals surface area contributed by atoms with Gasteiger partial charge in [0.2, 0.25) is 5.82 Å². The predicted octanol–water partition coefficient (Wildman–Crippen LogP) is 3.90. The lowest BCUT2D eigenvalue weighted by Crippen LogP contribution is -2.18. The monoisotopic (exact) mass is 455 g/mol. The number of sulfonamides is 1. The van der Waals surface area contributed by atoms with E-state index in [-0.39, 0.29) is 18.3 Å². The first kappa shape index (κ1) is 19.2. The van der Waals surface area contributed by atoms with Crippen molar-refractivity contribution in [3.63, 3.8) is 0 Å². The van der Waals surface area contributed by atoms with Crippen LogP contribution in [0.25, 0.3) is 0 Å². The largest absolute Gasteiger partial charge is 0.470 e. The maximum Gasteiger partial charge on any atom is 0.269 e.